The smallest absolute Gasteiger partial charge is 0.270 e. The first-order valence-electron chi connectivity index (χ1n) is 9.59. The van der Waals surface area contributed by atoms with Gasteiger partial charge in [0.05, 0.1) is 12.3 Å². The minimum Gasteiger partial charge on any atom is -0.508 e. The van der Waals surface area contributed by atoms with Gasteiger partial charge in [0.15, 0.2) is 5.11 Å². The quantitative estimate of drug-likeness (QED) is 0.366. The summed E-state index contributed by atoms with van der Waals surface area (Å²) in [6, 6.07) is 17.1. The Hall–Kier alpha value is -3.91. The summed E-state index contributed by atoms with van der Waals surface area (Å²) in [5, 5.41) is 12.1. The normalized spacial score (nSPS) is 15.3. The number of carbonyl (C=O) groups excluding carboxylic acids is 2. The maximum atomic E-state index is 13.2. The Bertz CT molecular complexity index is 1180. The van der Waals surface area contributed by atoms with E-state index in [0.717, 1.165) is 5.69 Å². The van der Waals surface area contributed by atoms with Crippen LogP contribution in [0.5, 0.6) is 11.5 Å². The summed E-state index contributed by atoms with van der Waals surface area (Å²) < 4.78 is 7.24. The first-order valence-corrected chi connectivity index (χ1v) is 10.00. The van der Waals surface area contributed by atoms with Crippen LogP contribution in [0.1, 0.15) is 12.6 Å². The fourth-order valence-electron chi connectivity index (χ4n) is 3.26. The molecule has 156 valence electrons. The first-order chi connectivity index (χ1) is 15.0. The van der Waals surface area contributed by atoms with E-state index in [-0.39, 0.29) is 16.4 Å². The number of rotatable bonds is 5. The van der Waals surface area contributed by atoms with Crippen LogP contribution in [-0.4, -0.2) is 33.2 Å². The molecule has 2 aromatic carbocycles. The average molecular weight is 433 g/mol. The summed E-state index contributed by atoms with van der Waals surface area (Å²) in [6.45, 7) is 2.42. The van der Waals surface area contributed by atoms with Crippen molar-refractivity contribution in [2.24, 2.45) is 0 Å². The number of nitrogens with zero attached hydrogens (tertiary/aromatic N) is 2. The van der Waals surface area contributed by atoms with E-state index in [4.69, 9.17) is 17.0 Å². The highest BCUT2D eigenvalue weighted by molar-refractivity contribution is 7.80. The highest BCUT2D eigenvalue weighted by Gasteiger charge is 2.34. The van der Waals surface area contributed by atoms with Crippen LogP contribution in [0.25, 0.3) is 11.8 Å². The number of anilines is 1. The number of nitrogens with one attached hydrogen (secondary N) is 1. The Morgan fingerprint density at radius 1 is 1.03 bits per heavy atom. The fourth-order valence-corrected chi connectivity index (χ4v) is 3.54. The van der Waals surface area contributed by atoms with Gasteiger partial charge in [0.25, 0.3) is 11.8 Å². The third-order valence-electron chi connectivity index (χ3n) is 4.71. The number of benzene rings is 2. The zero-order valence-electron chi connectivity index (χ0n) is 16.6. The Morgan fingerprint density at radius 3 is 2.39 bits per heavy atom. The number of aromatic hydroxyl groups is 1. The van der Waals surface area contributed by atoms with Crippen LogP contribution < -0.4 is 15.0 Å². The van der Waals surface area contributed by atoms with E-state index in [1.54, 1.807) is 71.4 Å². The summed E-state index contributed by atoms with van der Waals surface area (Å²) in [5.74, 6) is -0.252. The number of hydrogen-bond donors (Lipinski definition) is 2. The highest BCUT2D eigenvalue weighted by Crippen LogP contribution is 2.25. The second kappa shape index (κ2) is 8.45. The zero-order chi connectivity index (χ0) is 22.0. The third kappa shape index (κ3) is 4.06. The van der Waals surface area contributed by atoms with Gasteiger partial charge < -0.3 is 14.4 Å². The monoisotopic (exact) mass is 433 g/mol. The minimum atomic E-state index is -0.560. The predicted molar refractivity (Wildman–Crippen MR) is 121 cm³/mol. The van der Waals surface area contributed by atoms with Crippen LogP contribution in [-0.2, 0) is 9.59 Å². The average Bonchev–Trinajstić information content (AvgIpc) is 3.21. The van der Waals surface area contributed by atoms with Gasteiger partial charge in [0.1, 0.15) is 17.1 Å². The Labute approximate surface area is 184 Å². The van der Waals surface area contributed by atoms with Crippen molar-refractivity contribution in [3.63, 3.8) is 0 Å². The first kappa shape index (κ1) is 20.4. The molecule has 7 nitrogen and oxygen atoms in total. The van der Waals surface area contributed by atoms with Gasteiger partial charge in [-0.15, -0.1) is 0 Å². The Kier molecular flexibility index (Phi) is 5.55. The second-order valence-electron chi connectivity index (χ2n) is 6.70. The van der Waals surface area contributed by atoms with Crippen LogP contribution in [0.3, 0.4) is 0 Å². The SMILES string of the molecule is CCOc1ccc(N2C(=O)C(=Cc3cccn3-c3ccc(O)cc3)C(=O)NC2=S)cc1. The third-order valence-corrected chi connectivity index (χ3v) is 4.99. The Balaban J connectivity index is 1.69. The van der Waals surface area contributed by atoms with E-state index in [2.05, 4.69) is 5.32 Å². The lowest BCUT2D eigenvalue weighted by Gasteiger charge is -2.29. The number of aromatic nitrogens is 1. The molecule has 0 unspecified atom stereocenters. The molecule has 0 atom stereocenters. The van der Waals surface area contributed by atoms with Gasteiger partial charge in [-0.25, -0.2) is 0 Å². The molecule has 2 amide bonds. The molecular formula is C23H19N3O4S. The van der Waals surface area contributed by atoms with E-state index >= 15 is 0 Å². The van der Waals surface area contributed by atoms with Crippen molar-refractivity contribution in [2.75, 3.05) is 11.5 Å². The molecule has 0 radical (unpaired) electrons. The topological polar surface area (TPSA) is 83.8 Å². The molecular weight excluding hydrogens is 414 g/mol. The summed E-state index contributed by atoms with van der Waals surface area (Å²) in [7, 11) is 0. The number of ether oxygens (including phenoxy) is 1. The van der Waals surface area contributed by atoms with Gasteiger partial charge in [0.2, 0.25) is 0 Å². The molecule has 0 bridgehead atoms. The van der Waals surface area contributed by atoms with Gasteiger partial charge in [-0.05, 0) is 85.9 Å². The predicted octanol–water partition coefficient (Wildman–Crippen LogP) is 3.41. The molecule has 1 aliphatic heterocycles. The van der Waals surface area contributed by atoms with Crippen molar-refractivity contribution in [3.05, 3.63) is 78.1 Å². The van der Waals surface area contributed by atoms with E-state index in [9.17, 15) is 14.7 Å². The number of phenols is 1. The molecule has 2 N–H and O–H groups in total. The van der Waals surface area contributed by atoms with Gasteiger partial charge in [0, 0.05) is 17.6 Å². The molecule has 4 rings (SSSR count). The van der Waals surface area contributed by atoms with Crippen LogP contribution in [0.4, 0.5) is 5.69 Å². The van der Waals surface area contributed by atoms with Crippen LogP contribution in [0, 0.1) is 0 Å². The lowest BCUT2D eigenvalue weighted by atomic mass is 10.1. The second-order valence-corrected chi connectivity index (χ2v) is 7.09. The van der Waals surface area contributed by atoms with Gasteiger partial charge in [-0.3, -0.25) is 19.8 Å². The number of hydrogen-bond acceptors (Lipinski definition) is 5. The summed E-state index contributed by atoms with van der Waals surface area (Å²) in [4.78, 5) is 27.1. The van der Waals surface area contributed by atoms with Crippen molar-refractivity contribution in [2.45, 2.75) is 6.92 Å². The van der Waals surface area contributed by atoms with Gasteiger partial charge >= 0.3 is 0 Å². The maximum absolute atomic E-state index is 13.2. The lowest BCUT2D eigenvalue weighted by Crippen LogP contribution is -2.54. The molecule has 1 fully saturated rings. The summed E-state index contributed by atoms with van der Waals surface area (Å²) in [5.41, 5.74) is 1.89. The minimum absolute atomic E-state index is 0.0187. The van der Waals surface area contributed by atoms with Crippen molar-refractivity contribution >= 4 is 40.9 Å². The number of amides is 2. The van der Waals surface area contributed by atoms with E-state index in [1.165, 1.54) is 11.0 Å². The Morgan fingerprint density at radius 2 is 1.71 bits per heavy atom. The van der Waals surface area contributed by atoms with E-state index < -0.39 is 11.8 Å². The molecule has 8 heteroatoms. The lowest BCUT2D eigenvalue weighted by molar-refractivity contribution is -0.122. The van der Waals surface area contributed by atoms with Gasteiger partial charge in [-0.2, -0.15) is 0 Å². The van der Waals surface area contributed by atoms with Gasteiger partial charge in [-0.1, -0.05) is 0 Å². The van der Waals surface area contributed by atoms with E-state index in [0.29, 0.717) is 23.7 Å². The molecule has 0 saturated carbocycles. The number of thiocarbonyl (C=S) groups is 1. The standard InChI is InChI=1S/C23H19N3O4S/c1-2-30-19-11-7-16(8-12-19)26-22(29)20(21(28)24-23(26)31)14-17-4-3-13-25(17)15-5-9-18(27)10-6-15/h3-14,27H,2H2,1H3,(H,24,28,31). The molecule has 1 saturated heterocycles. The van der Waals surface area contributed by atoms with Crippen molar-refractivity contribution in [3.8, 4) is 17.2 Å². The van der Waals surface area contributed by atoms with Crippen molar-refractivity contribution in [1.29, 1.82) is 0 Å². The van der Waals surface area contributed by atoms with Crippen LogP contribution in [0.2, 0.25) is 0 Å². The molecule has 2 heterocycles. The zero-order valence-corrected chi connectivity index (χ0v) is 17.4. The van der Waals surface area contributed by atoms with Crippen LogP contribution >= 0.6 is 12.2 Å². The maximum Gasteiger partial charge on any atom is 0.270 e. The number of phenolic OH excluding ortho intramolecular Hbond substituents is 1. The molecule has 1 aromatic heterocycles. The summed E-state index contributed by atoms with van der Waals surface area (Å²) in [6.07, 6.45) is 3.33. The largest absolute Gasteiger partial charge is 0.508 e. The molecule has 1 aliphatic rings. The molecule has 0 spiro atoms. The van der Waals surface area contributed by atoms with Crippen LogP contribution in [0.15, 0.2) is 72.4 Å². The number of carbonyl (C=O) groups is 2. The summed E-state index contributed by atoms with van der Waals surface area (Å²) >= 11 is 5.25. The van der Waals surface area contributed by atoms with Crippen molar-refractivity contribution in [1.82, 2.24) is 9.88 Å². The van der Waals surface area contributed by atoms with Crippen molar-refractivity contribution < 1.29 is 19.4 Å². The highest BCUT2D eigenvalue weighted by atomic mass is 32.1. The molecule has 3 aromatic rings. The molecule has 0 aliphatic carbocycles. The van der Waals surface area contributed by atoms with E-state index in [1.807, 2.05) is 6.92 Å². The fraction of sp³-hybridized carbons (Fsp3) is 0.0870. The molecule has 31 heavy (non-hydrogen) atoms.